The van der Waals surface area contributed by atoms with Gasteiger partial charge in [-0.25, -0.2) is 8.42 Å². The summed E-state index contributed by atoms with van der Waals surface area (Å²) in [6.07, 6.45) is 3.36. The summed E-state index contributed by atoms with van der Waals surface area (Å²) in [6, 6.07) is 0. The van der Waals surface area contributed by atoms with Crippen LogP contribution in [0.3, 0.4) is 0 Å². The zero-order valence-corrected chi connectivity index (χ0v) is 17.5. The smallest absolute Gasteiger partial charge is 0.246 e. The fourth-order valence-corrected chi connectivity index (χ4v) is 5.27. The van der Waals surface area contributed by atoms with Gasteiger partial charge in [0.25, 0.3) is 0 Å². The van der Waals surface area contributed by atoms with Crippen LogP contribution in [0.25, 0.3) is 0 Å². The zero-order chi connectivity index (χ0) is 19.8. The second-order valence-electron chi connectivity index (χ2n) is 7.43. The molecule has 0 aromatic carbocycles. The zero-order valence-electron chi connectivity index (χ0n) is 16.7. The van der Waals surface area contributed by atoms with Crippen molar-refractivity contribution >= 4 is 10.0 Å². The van der Waals surface area contributed by atoms with E-state index in [-0.39, 0.29) is 12.6 Å². The van der Waals surface area contributed by atoms with Gasteiger partial charge in [0.2, 0.25) is 10.0 Å². The Morgan fingerprint density at radius 2 is 2.07 bits per heavy atom. The van der Waals surface area contributed by atoms with Crippen molar-refractivity contribution in [3.05, 3.63) is 29.3 Å². The molecule has 0 spiro atoms. The van der Waals surface area contributed by atoms with Gasteiger partial charge in [0.15, 0.2) is 0 Å². The minimum atomic E-state index is -3.64. The van der Waals surface area contributed by atoms with Crippen molar-refractivity contribution in [1.82, 2.24) is 23.9 Å². The highest BCUT2D eigenvalue weighted by molar-refractivity contribution is 7.89. The Labute approximate surface area is 161 Å². The maximum Gasteiger partial charge on any atom is 0.246 e. The molecule has 1 atom stereocenters. The standard InChI is InChI=1S/C18H29N5O3S/c1-6-21-11-16(9-19-21)17-12-22(7-8-26-17)27(24,25)18-14(4)20-23(15(18)5)10-13(2)3/h9,11,13,17H,6-8,10,12H2,1-5H3/t17-/m1/s1. The number of ether oxygens (including phenoxy) is 1. The van der Waals surface area contributed by atoms with E-state index >= 15 is 0 Å². The summed E-state index contributed by atoms with van der Waals surface area (Å²) in [4.78, 5) is 0.327. The van der Waals surface area contributed by atoms with Gasteiger partial charge in [0, 0.05) is 37.9 Å². The Hall–Kier alpha value is -1.71. The lowest BCUT2D eigenvalue weighted by Crippen LogP contribution is -2.42. The Balaban J connectivity index is 1.87. The van der Waals surface area contributed by atoms with Crippen molar-refractivity contribution in [3.8, 4) is 0 Å². The van der Waals surface area contributed by atoms with E-state index in [4.69, 9.17) is 4.74 Å². The van der Waals surface area contributed by atoms with E-state index in [2.05, 4.69) is 24.0 Å². The SMILES string of the molecule is CCn1cc([C@H]2CN(S(=O)(=O)c3c(C)nn(CC(C)C)c3C)CCO2)cn1. The van der Waals surface area contributed by atoms with Crippen LogP contribution in [0.2, 0.25) is 0 Å². The largest absolute Gasteiger partial charge is 0.371 e. The van der Waals surface area contributed by atoms with E-state index in [0.717, 1.165) is 12.1 Å². The third-order valence-electron chi connectivity index (χ3n) is 4.83. The van der Waals surface area contributed by atoms with E-state index in [0.29, 0.717) is 41.9 Å². The Kier molecular flexibility index (Phi) is 5.73. The molecule has 0 aliphatic carbocycles. The van der Waals surface area contributed by atoms with Crippen molar-refractivity contribution in [1.29, 1.82) is 0 Å². The molecule has 0 radical (unpaired) electrons. The van der Waals surface area contributed by atoms with Crippen LogP contribution >= 0.6 is 0 Å². The number of hydrogen-bond donors (Lipinski definition) is 0. The molecule has 0 N–H and O–H groups in total. The van der Waals surface area contributed by atoms with Crippen molar-refractivity contribution in [2.75, 3.05) is 19.7 Å². The number of rotatable bonds is 6. The molecule has 2 aromatic heterocycles. The first kappa shape index (κ1) is 20.0. The summed E-state index contributed by atoms with van der Waals surface area (Å²) in [6.45, 7) is 12.2. The summed E-state index contributed by atoms with van der Waals surface area (Å²) in [5.41, 5.74) is 2.15. The Bertz CT molecular complexity index is 900. The first-order chi connectivity index (χ1) is 12.7. The van der Waals surface area contributed by atoms with Gasteiger partial charge in [-0.15, -0.1) is 0 Å². The molecule has 8 nitrogen and oxygen atoms in total. The van der Waals surface area contributed by atoms with Gasteiger partial charge in [0.05, 0.1) is 30.3 Å². The Morgan fingerprint density at radius 1 is 1.33 bits per heavy atom. The number of morpholine rings is 1. The number of sulfonamides is 1. The molecule has 2 aromatic rings. The summed E-state index contributed by atoms with van der Waals surface area (Å²) < 4.78 is 37.7. The maximum absolute atomic E-state index is 13.4. The molecule has 1 fully saturated rings. The van der Waals surface area contributed by atoms with Crippen LogP contribution in [0, 0.1) is 19.8 Å². The predicted molar refractivity (Wildman–Crippen MR) is 102 cm³/mol. The quantitative estimate of drug-likeness (QED) is 0.748. The first-order valence-electron chi connectivity index (χ1n) is 9.42. The van der Waals surface area contributed by atoms with Crippen LogP contribution in [-0.2, 0) is 27.8 Å². The fourth-order valence-electron chi connectivity index (χ4n) is 3.47. The summed E-state index contributed by atoms with van der Waals surface area (Å²) in [5.74, 6) is 0.390. The average molecular weight is 396 g/mol. The monoisotopic (exact) mass is 395 g/mol. The molecular formula is C18H29N5O3S. The number of aryl methyl sites for hydroxylation is 2. The minimum Gasteiger partial charge on any atom is -0.371 e. The summed E-state index contributed by atoms with van der Waals surface area (Å²) >= 11 is 0. The molecule has 0 amide bonds. The first-order valence-corrected chi connectivity index (χ1v) is 10.9. The van der Waals surface area contributed by atoms with E-state index in [1.165, 1.54) is 4.31 Å². The molecule has 3 heterocycles. The highest BCUT2D eigenvalue weighted by atomic mass is 32.2. The second kappa shape index (κ2) is 7.73. The summed E-state index contributed by atoms with van der Waals surface area (Å²) in [7, 11) is -3.64. The van der Waals surface area contributed by atoms with Crippen LogP contribution < -0.4 is 0 Å². The number of aromatic nitrogens is 4. The van der Waals surface area contributed by atoms with Crippen LogP contribution in [0.15, 0.2) is 17.3 Å². The van der Waals surface area contributed by atoms with Gasteiger partial charge < -0.3 is 4.74 Å². The lowest BCUT2D eigenvalue weighted by Gasteiger charge is -2.31. The van der Waals surface area contributed by atoms with Crippen molar-refractivity contribution in [2.24, 2.45) is 5.92 Å². The third kappa shape index (κ3) is 3.95. The van der Waals surface area contributed by atoms with Crippen molar-refractivity contribution < 1.29 is 13.2 Å². The lowest BCUT2D eigenvalue weighted by molar-refractivity contribution is -0.00262. The van der Waals surface area contributed by atoms with Gasteiger partial charge in [0.1, 0.15) is 4.90 Å². The summed E-state index contributed by atoms with van der Waals surface area (Å²) in [5, 5.41) is 8.74. The van der Waals surface area contributed by atoms with Gasteiger partial charge in [-0.05, 0) is 26.7 Å². The molecule has 1 aliphatic heterocycles. The highest BCUT2D eigenvalue weighted by Crippen LogP contribution is 2.29. The van der Waals surface area contributed by atoms with Gasteiger partial charge in [-0.1, -0.05) is 13.8 Å². The normalized spacial score (nSPS) is 19.1. The molecule has 3 rings (SSSR count). The molecular weight excluding hydrogens is 366 g/mol. The maximum atomic E-state index is 13.4. The molecule has 0 bridgehead atoms. The van der Waals surface area contributed by atoms with E-state index in [1.54, 1.807) is 17.8 Å². The van der Waals surface area contributed by atoms with Crippen LogP contribution in [0.1, 0.15) is 43.8 Å². The average Bonchev–Trinajstić information content (AvgIpc) is 3.19. The predicted octanol–water partition coefficient (Wildman–Crippen LogP) is 2.13. The molecule has 0 saturated carbocycles. The molecule has 150 valence electrons. The minimum absolute atomic E-state index is 0.284. The van der Waals surface area contributed by atoms with Crippen LogP contribution in [0.4, 0.5) is 0 Å². The van der Waals surface area contributed by atoms with Gasteiger partial charge >= 0.3 is 0 Å². The molecule has 1 aliphatic rings. The van der Waals surface area contributed by atoms with E-state index < -0.39 is 10.0 Å². The van der Waals surface area contributed by atoms with Crippen LogP contribution in [0.5, 0.6) is 0 Å². The number of hydrogen-bond acceptors (Lipinski definition) is 5. The fraction of sp³-hybridized carbons (Fsp3) is 0.667. The van der Waals surface area contributed by atoms with Crippen LogP contribution in [-0.4, -0.2) is 52.0 Å². The second-order valence-corrected chi connectivity index (χ2v) is 9.30. The van der Waals surface area contributed by atoms with E-state index in [9.17, 15) is 8.42 Å². The highest BCUT2D eigenvalue weighted by Gasteiger charge is 2.35. The van der Waals surface area contributed by atoms with Gasteiger partial charge in [-0.2, -0.15) is 14.5 Å². The van der Waals surface area contributed by atoms with E-state index in [1.807, 2.05) is 24.7 Å². The molecule has 0 unspecified atom stereocenters. The third-order valence-corrected chi connectivity index (χ3v) is 6.95. The molecule has 9 heteroatoms. The molecule has 27 heavy (non-hydrogen) atoms. The Morgan fingerprint density at radius 3 is 2.70 bits per heavy atom. The molecule has 1 saturated heterocycles. The topological polar surface area (TPSA) is 82.2 Å². The van der Waals surface area contributed by atoms with Crippen molar-refractivity contribution in [3.63, 3.8) is 0 Å². The van der Waals surface area contributed by atoms with Gasteiger partial charge in [-0.3, -0.25) is 9.36 Å². The lowest BCUT2D eigenvalue weighted by atomic mass is 10.2. The van der Waals surface area contributed by atoms with Crippen molar-refractivity contribution in [2.45, 2.75) is 58.7 Å². The number of nitrogens with zero attached hydrogens (tertiary/aromatic N) is 5.